The summed E-state index contributed by atoms with van der Waals surface area (Å²) in [5.74, 6) is 1.08. The highest BCUT2D eigenvalue weighted by atomic mass is 32.2. The lowest BCUT2D eigenvalue weighted by Crippen LogP contribution is -2.49. The number of piperazine rings is 1. The number of sulfonamides is 1. The maximum Gasteiger partial charge on any atom is 0.270 e. The van der Waals surface area contributed by atoms with Crippen molar-refractivity contribution in [2.24, 2.45) is 0 Å². The van der Waals surface area contributed by atoms with Gasteiger partial charge in [-0.25, -0.2) is 8.42 Å². The lowest BCUT2D eigenvalue weighted by molar-refractivity contribution is -0.385. The first kappa shape index (κ1) is 21.1. The van der Waals surface area contributed by atoms with Gasteiger partial charge in [-0.3, -0.25) is 10.1 Å². The van der Waals surface area contributed by atoms with Gasteiger partial charge in [-0.1, -0.05) is 41.6 Å². The number of benzene rings is 2. The van der Waals surface area contributed by atoms with Gasteiger partial charge in [0.25, 0.3) is 5.69 Å². The largest absolute Gasteiger partial charge is 0.339 e. The average molecular weight is 443 g/mol. The molecule has 0 atom stereocenters. The molecule has 2 aromatic carbocycles. The van der Waals surface area contributed by atoms with Crippen molar-refractivity contribution in [3.63, 3.8) is 0 Å². The molecule has 1 aromatic heterocycles. The molecule has 1 fully saturated rings. The number of hydrogen-bond donors (Lipinski definition) is 0. The lowest BCUT2D eigenvalue weighted by Gasteiger charge is -2.33. The third kappa shape index (κ3) is 4.79. The van der Waals surface area contributed by atoms with Crippen LogP contribution in [-0.4, -0.2) is 65.4 Å². The van der Waals surface area contributed by atoms with Crippen LogP contribution in [-0.2, 0) is 16.4 Å². The minimum atomic E-state index is -3.77. The van der Waals surface area contributed by atoms with Crippen molar-refractivity contribution < 1.29 is 17.9 Å². The molecule has 3 aromatic rings. The Balaban J connectivity index is 1.32. The summed E-state index contributed by atoms with van der Waals surface area (Å²) in [5.41, 5.74) is 0.645. The van der Waals surface area contributed by atoms with Crippen molar-refractivity contribution >= 4 is 15.7 Å². The molecule has 1 saturated heterocycles. The van der Waals surface area contributed by atoms with Crippen LogP contribution in [0.1, 0.15) is 5.89 Å². The molecular formula is C20H21N5O5S. The first-order valence-electron chi connectivity index (χ1n) is 9.78. The summed E-state index contributed by atoms with van der Waals surface area (Å²) in [6.07, 6.45) is 0.567. The van der Waals surface area contributed by atoms with E-state index >= 15 is 0 Å². The Morgan fingerprint density at radius 1 is 1.03 bits per heavy atom. The van der Waals surface area contributed by atoms with Crippen LogP contribution in [0.2, 0.25) is 0 Å². The van der Waals surface area contributed by atoms with Crippen LogP contribution in [0, 0.1) is 10.1 Å². The Bertz CT molecular complexity index is 1160. The molecule has 162 valence electrons. The molecule has 0 radical (unpaired) electrons. The first-order valence-corrected chi connectivity index (χ1v) is 11.2. The summed E-state index contributed by atoms with van der Waals surface area (Å²) in [5, 5.41) is 15.0. The van der Waals surface area contributed by atoms with Crippen molar-refractivity contribution in [2.75, 3.05) is 32.7 Å². The van der Waals surface area contributed by atoms with Crippen LogP contribution in [0.15, 0.2) is 64.0 Å². The maximum absolute atomic E-state index is 12.8. The van der Waals surface area contributed by atoms with Crippen molar-refractivity contribution in [3.05, 3.63) is 70.6 Å². The van der Waals surface area contributed by atoms with Crippen LogP contribution >= 0.6 is 0 Å². The molecular weight excluding hydrogens is 422 g/mol. The second-order valence-electron chi connectivity index (χ2n) is 7.13. The van der Waals surface area contributed by atoms with E-state index in [1.807, 2.05) is 30.3 Å². The minimum Gasteiger partial charge on any atom is -0.339 e. The van der Waals surface area contributed by atoms with Gasteiger partial charge in [0.15, 0.2) is 0 Å². The van der Waals surface area contributed by atoms with Gasteiger partial charge in [0.2, 0.25) is 21.7 Å². The Morgan fingerprint density at radius 2 is 1.77 bits per heavy atom. The van der Waals surface area contributed by atoms with Crippen LogP contribution in [0.3, 0.4) is 0 Å². The van der Waals surface area contributed by atoms with Gasteiger partial charge in [0, 0.05) is 56.8 Å². The van der Waals surface area contributed by atoms with E-state index in [2.05, 4.69) is 15.0 Å². The van der Waals surface area contributed by atoms with E-state index in [-0.39, 0.29) is 10.6 Å². The van der Waals surface area contributed by atoms with Gasteiger partial charge < -0.3 is 9.42 Å². The van der Waals surface area contributed by atoms with Crippen molar-refractivity contribution in [2.45, 2.75) is 11.3 Å². The topological polar surface area (TPSA) is 123 Å². The van der Waals surface area contributed by atoms with Gasteiger partial charge in [-0.2, -0.15) is 9.29 Å². The molecule has 0 unspecified atom stereocenters. The maximum atomic E-state index is 12.8. The highest BCUT2D eigenvalue weighted by Crippen LogP contribution is 2.22. The third-order valence-electron chi connectivity index (χ3n) is 5.14. The van der Waals surface area contributed by atoms with E-state index in [1.54, 1.807) is 0 Å². The van der Waals surface area contributed by atoms with E-state index in [4.69, 9.17) is 4.52 Å². The molecule has 0 aliphatic carbocycles. The average Bonchev–Trinajstić information content (AvgIpc) is 3.28. The SMILES string of the molecule is O=[N+]([O-])c1cccc(S(=O)(=O)N2CCN(CCc3nc(-c4ccccc4)no3)CC2)c1. The summed E-state index contributed by atoms with van der Waals surface area (Å²) in [7, 11) is -3.77. The molecule has 10 nitrogen and oxygen atoms in total. The molecule has 0 saturated carbocycles. The van der Waals surface area contributed by atoms with Crippen LogP contribution < -0.4 is 0 Å². The number of nitro groups is 1. The number of aromatic nitrogens is 2. The number of hydrogen-bond acceptors (Lipinski definition) is 8. The molecule has 2 heterocycles. The lowest BCUT2D eigenvalue weighted by atomic mass is 10.2. The second-order valence-corrected chi connectivity index (χ2v) is 9.07. The molecule has 0 N–H and O–H groups in total. The summed E-state index contributed by atoms with van der Waals surface area (Å²) < 4.78 is 32.4. The molecule has 0 bridgehead atoms. The first-order chi connectivity index (χ1) is 14.9. The van der Waals surface area contributed by atoms with E-state index in [1.165, 1.54) is 22.5 Å². The van der Waals surface area contributed by atoms with Gasteiger partial charge in [-0.15, -0.1) is 0 Å². The fraction of sp³-hybridized carbons (Fsp3) is 0.300. The molecule has 4 rings (SSSR count). The zero-order valence-corrected chi connectivity index (χ0v) is 17.4. The smallest absolute Gasteiger partial charge is 0.270 e. The van der Waals surface area contributed by atoms with E-state index < -0.39 is 14.9 Å². The Labute approximate surface area is 179 Å². The fourth-order valence-corrected chi connectivity index (χ4v) is 4.88. The fourth-order valence-electron chi connectivity index (χ4n) is 3.41. The van der Waals surface area contributed by atoms with Gasteiger partial charge in [0.1, 0.15) is 0 Å². The summed E-state index contributed by atoms with van der Waals surface area (Å²) in [6, 6.07) is 14.7. The molecule has 31 heavy (non-hydrogen) atoms. The molecule has 0 amide bonds. The zero-order chi connectivity index (χ0) is 21.8. The second kappa shape index (κ2) is 8.92. The summed E-state index contributed by atoms with van der Waals surface area (Å²) >= 11 is 0. The van der Waals surface area contributed by atoms with Crippen molar-refractivity contribution in [3.8, 4) is 11.4 Å². The zero-order valence-electron chi connectivity index (χ0n) is 16.6. The predicted molar refractivity (Wildman–Crippen MR) is 112 cm³/mol. The highest BCUT2D eigenvalue weighted by molar-refractivity contribution is 7.89. The molecule has 1 aliphatic rings. The van der Waals surface area contributed by atoms with Crippen LogP contribution in [0.4, 0.5) is 5.69 Å². The Morgan fingerprint density at radius 3 is 2.48 bits per heavy atom. The van der Waals surface area contributed by atoms with Gasteiger partial charge in [-0.05, 0) is 6.07 Å². The van der Waals surface area contributed by atoms with Crippen LogP contribution in [0.5, 0.6) is 0 Å². The Kier molecular flexibility index (Phi) is 6.07. The highest BCUT2D eigenvalue weighted by Gasteiger charge is 2.29. The minimum absolute atomic E-state index is 0.0607. The van der Waals surface area contributed by atoms with Gasteiger partial charge >= 0.3 is 0 Å². The molecule has 1 aliphatic heterocycles. The standard InChI is InChI=1S/C20H21N5O5S/c26-25(27)17-7-4-8-18(15-17)31(28,29)24-13-11-23(12-14-24)10-9-19-21-20(22-30-19)16-5-2-1-3-6-16/h1-8,15H,9-14H2. The normalized spacial score (nSPS) is 15.7. The third-order valence-corrected chi connectivity index (χ3v) is 7.03. The van der Waals surface area contributed by atoms with E-state index in [9.17, 15) is 18.5 Å². The summed E-state index contributed by atoms with van der Waals surface area (Å²) in [6.45, 7) is 2.39. The van der Waals surface area contributed by atoms with E-state index in [0.29, 0.717) is 50.9 Å². The van der Waals surface area contributed by atoms with Crippen molar-refractivity contribution in [1.82, 2.24) is 19.3 Å². The van der Waals surface area contributed by atoms with Gasteiger partial charge in [0.05, 0.1) is 9.82 Å². The predicted octanol–water partition coefficient (Wildman–Crippen LogP) is 2.19. The molecule has 11 heteroatoms. The monoisotopic (exact) mass is 443 g/mol. The number of rotatable bonds is 7. The van der Waals surface area contributed by atoms with Crippen LogP contribution in [0.25, 0.3) is 11.4 Å². The summed E-state index contributed by atoms with van der Waals surface area (Å²) in [4.78, 5) is 16.8. The number of nitro benzene ring substituents is 1. The number of nitrogens with zero attached hydrogens (tertiary/aromatic N) is 5. The quantitative estimate of drug-likeness (QED) is 0.402. The number of non-ortho nitro benzene ring substituents is 1. The van der Waals surface area contributed by atoms with E-state index in [0.717, 1.165) is 11.6 Å². The molecule has 0 spiro atoms. The Hall–Kier alpha value is -3.15. The van der Waals surface area contributed by atoms with Crippen molar-refractivity contribution in [1.29, 1.82) is 0 Å².